The number of carbonyl (C=O) groups is 1. The van der Waals surface area contributed by atoms with Gasteiger partial charge in [0.15, 0.2) is 5.11 Å². The van der Waals surface area contributed by atoms with E-state index in [0.717, 1.165) is 17.7 Å². The molecule has 0 radical (unpaired) electrons. The molecule has 4 rings (SSSR count). The van der Waals surface area contributed by atoms with Crippen LogP contribution in [0.1, 0.15) is 21.5 Å². The molecule has 0 bridgehead atoms. The number of nitrogens with zero attached hydrogens (tertiary/aromatic N) is 1. The summed E-state index contributed by atoms with van der Waals surface area (Å²) in [6, 6.07) is 19.6. The van der Waals surface area contributed by atoms with Gasteiger partial charge in [-0.3, -0.25) is 10.1 Å². The monoisotopic (exact) mass is 515 g/mol. The molecule has 10 heteroatoms. The molecule has 1 aliphatic rings. The molecule has 188 valence electrons. The van der Waals surface area contributed by atoms with Gasteiger partial charge in [-0.2, -0.15) is 13.2 Å². The maximum atomic E-state index is 13.3. The Labute approximate surface area is 212 Å². The Morgan fingerprint density at radius 2 is 1.75 bits per heavy atom. The number of hydrogen-bond acceptors (Lipinski definition) is 5. The first-order valence-electron chi connectivity index (χ1n) is 11.2. The van der Waals surface area contributed by atoms with Crippen molar-refractivity contribution in [2.75, 3.05) is 36.5 Å². The maximum Gasteiger partial charge on any atom is 0.416 e. The SMILES string of the molecule is O=C(NC(=S)Nc1cc(C(F)(F)F)ccc1N1CCOCC1)c1cccc(OCc2ccccc2)c1. The van der Waals surface area contributed by atoms with Crippen molar-refractivity contribution >= 4 is 34.6 Å². The summed E-state index contributed by atoms with van der Waals surface area (Å²) < 4.78 is 51.1. The lowest BCUT2D eigenvalue weighted by Gasteiger charge is -2.31. The van der Waals surface area contributed by atoms with Gasteiger partial charge in [-0.15, -0.1) is 0 Å². The Balaban J connectivity index is 1.45. The molecule has 1 heterocycles. The molecule has 1 fully saturated rings. The van der Waals surface area contributed by atoms with Gasteiger partial charge in [0.05, 0.1) is 30.2 Å². The summed E-state index contributed by atoms with van der Waals surface area (Å²) in [6.07, 6.45) is -4.52. The van der Waals surface area contributed by atoms with E-state index in [2.05, 4.69) is 10.6 Å². The molecule has 1 saturated heterocycles. The van der Waals surface area contributed by atoms with Gasteiger partial charge in [0.1, 0.15) is 12.4 Å². The summed E-state index contributed by atoms with van der Waals surface area (Å²) in [5.41, 5.74) is 1.15. The molecule has 0 atom stereocenters. The van der Waals surface area contributed by atoms with E-state index < -0.39 is 17.6 Å². The Kier molecular flexibility index (Phi) is 8.07. The summed E-state index contributed by atoms with van der Waals surface area (Å²) in [5, 5.41) is 5.18. The number of thiocarbonyl (C=S) groups is 1. The zero-order chi connectivity index (χ0) is 25.5. The molecule has 6 nitrogen and oxygen atoms in total. The Morgan fingerprint density at radius 1 is 1.00 bits per heavy atom. The number of amides is 1. The van der Waals surface area contributed by atoms with Crippen molar-refractivity contribution in [1.29, 1.82) is 0 Å². The molecular weight excluding hydrogens is 491 g/mol. The van der Waals surface area contributed by atoms with Crippen LogP contribution < -0.4 is 20.3 Å². The fraction of sp³-hybridized carbons (Fsp3) is 0.231. The molecular formula is C26H24F3N3O3S. The molecule has 3 aromatic rings. The van der Waals surface area contributed by atoms with Crippen molar-refractivity contribution in [1.82, 2.24) is 5.32 Å². The fourth-order valence-electron chi connectivity index (χ4n) is 3.69. The molecule has 2 N–H and O–H groups in total. The second kappa shape index (κ2) is 11.4. The van der Waals surface area contributed by atoms with Crippen LogP contribution in [0.25, 0.3) is 0 Å². The van der Waals surface area contributed by atoms with Gasteiger partial charge in [-0.1, -0.05) is 36.4 Å². The number of anilines is 2. The average molecular weight is 516 g/mol. The minimum absolute atomic E-state index is 0.121. The topological polar surface area (TPSA) is 62.8 Å². The summed E-state index contributed by atoms with van der Waals surface area (Å²) in [4.78, 5) is 14.7. The second-order valence-electron chi connectivity index (χ2n) is 8.04. The lowest BCUT2D eigenvalue weighted by molar-refractivity contribution is -0.137. The van der Waals surface area contributed by atoms with Gasteiger partial charge in [0.2, 0.25) is 0 Å². The molecule has 3 aromatic carbocycles. The number of ether oxygens (including phenoxy) is 2. The first-order valence-corrected chi connectivity index (χ1v) is 11.6. The van der Waals surface area contributed by atoms with Crippen LogP contribution in [-0.2, 0) is 17.5 Å². The highest BCUT2D eigenvalue weighted by molar-refractivity contribution is 7.80. The van der Waals surface area contributed by atoms with Crippen LogP contribution in [0.3, 0.4) is 0 Å². The highest BCUT2D eigenvalue weighted by Gasteiger charge is 2.31. The Morgan fingerprint density at radius 3 is 2.47 bits per heavy atom. The molecule has 1 amide bonds. The van der Waals surface area contributed by atoms with Crippen molar-refractivity contribution in [2.45, 2.75) is 12.8 Å². The van der Waals surface area contributed by atoms with Crippen LogP contribution >= 0.6 is 12.2 Å². The quantitative estimate of drug-likeness (QED) is 0.438. The third-order valence-electron chi connectivity index (χ3n) is 5.50. The first kappa shape index (κ1) is 25.5. The lowest BCUT2D eigenvalue weighted by Crippen LogP contribution is -2.38. The summed E-state index contributed by atoms with van der Waals surface area (Å²) in [7, 11) is 0. The van der Waals surface area contributed by atoms with E-state index in [1.54, 1.807) is 24.3 Å². The zero-order valence-electron chi connectivity index (χ0n) is 19.2. The van der Waals surface area contributed by atoms with Crippen molar-refractivity contribution < 1.29 is 27.4 Å². The number of rotatable bonds is 6. The van der Waals surface area contributed by atoms with E-state index in [4.69, 9.17) is 21.7 Å². The predicted octanol–water partition coefficient (Wildman–Crippen LogP) is 5.25. The van der Waals surface area contributed by atoms with Gasteiger partial charge in [-0.25, -0.2) is 0 Å². The van der Waals surface area contributed by atoms with E-state index in [-0.39, 0.29) is 10.8 Å². The molecule has 0 unspecified atom stereocenters. The third-order valence-corrected chi connectivity index (χ3v) is 5.70. The molecule has 36 heavy (non-hydrogen) atoms. The second-order valence-corrected chi connectivity index (χ2v) is 8.45. The van der Waals surface area contributed by atoms with Gasteiger partial charge in [0.25, 0.3) is 5.91 Å². The Hall–Kier alpha value is -3.63. The number of halogens is 3. The molecule has 0 spiro atoms. The summed E-state index contributed by atoms with van der Waals surface area (Å²) in [6.45, 7) is 2.31. The highest BCUT2D eigenvalue weighted by Crippen LogP contribution is 2.35. The fourth-order valence-corrected chi connectivity index (χ4v) is 3.89. The molecule has 0 saturated carbocycles. The normalized spacial score (nSPS) is 13.7. The van der Waals surface area contributed by atoms with Gasteiger partial charge >= 0.3 is 6.18 Å². The predicted molar refractivity (Wildman–Crippen MR) is 135 cm³/mol. The van der Waals surface area contributed by atoms with Crippen molar-refractivity contribution in [3.8, 4) is 5.75 Å². The summed E-state index contributed by atoms with van der Waals surface area (Å²) in [5.74, 6) is -0.0181. The van der Waals surface area contributed by atoms with Gasteiger partial charge in [-0.05, 0) is 54.2 Å². The van der Waals surface area contributed by atoms with Crippen LogP contribution in [0.15, 0.2) is 72.8 Å². The number of alkyl halides is 3. The molecule has 1 aliphatic heterocycles. The van der Waals surface area contributed by atoms with Crippen molar-refractivity contribution in [3.63, 3.8) is 0 Å². The van der Waals surface area contributed by atoms with Gasteiger partial charge in [0, 0.05) is 18.7 Å². The highest BCUT2D eigenvalue weighted by atomic mass is 32.1. The van der Waals surface area contributed by atoms with E-state index in [1.807, 2.05) is 35.2 Å². The van der Waals surface area contributed by atoms with Crippen molar-refractivity contribution in [3.05, 3.63) is 89.5 Å². The Bertz CT molecular complexity index is 1220. The smallest absolute Gasteiger partial charge is 0.416 e. The minimum Gasteiger partial charge on any atom is -0.489 e. The number of carbonyl (C=O) groups excluding carboxylic acids is 1. The maximum absolute atomic E-state index is 13.3. The number of benzene rings is 3. The average Bonchev–Trinajstić information content (AvgIpc) is 2.88. The van der Waals surface area contributed by atoms with Crippen LogP contribution in [0.2, 0.25) is 0 Å². The van der Waals surface area contributed by atoms with Crippen LogP contribution in [0, 0.1) is 0 Å². The lowest BCUT2D eigenvalue weighted by atomic mass is 10.1. The van der Waals surface area contributed by atoms with E-state index in [0.29, 0.717) is 49.9 Å². The molecule has 0 aromatic heterocycles. The third kappa shape index (κ3) is 6.73. The number of hydrogen-bond donors (Lipinski definition) is 2. The van der Waals surface area contributed by atoms with E-state index in [9.17, 15) is 18.0 Å². The first-order chi connectivity index (χ1) is 17.3. The van der Waals surface area contributed by atoms with E-state index in [1.165, 1.54) is 6.07 Å². The summed E-state index contributed by atoms with van der Waals surface area (Å²) >= 11 is 5.26. The minimum atomic E-state index is -4.52. The number of morpholine rings is 1. The van der Waals surface area contributed by atoms with Crippen LogP contribution in [-0.4, -0.2) is 37.3 Å². The van der Waals surface area contributed by atoms with Gasteiger partial charge < -0.3 is 19.7 Å². The standard InChI is InChI=1S/C26H24F3N3O3S/c27-26(28,29)20-9-10-23(32-11-13-34-14-12-32)22(16-20)30-25(36)31-24(33)19-7-4-8-21(15-19)35-17-18-5-2-1-3-6-18/h1-10,15-16H,11-14,17H2,(H2,30,31,33,36). The molecule has 0 aliphatic carbocycles. The van der Waals surface area contributed by atoms with Crippen molar-refractivity contribution in [2.24, 2.45) is 0 Å². The number of nitrogens with one attached hydrogen (secondary N) is 2. The largest absolute Gasteiger partial charge is 0.489 e. The van der Waals surface area contributed by atoms with Crippen LogP contribution in [0.4, 0.5) is 24.5 Å². The van der Waals surface area contributed by atoms with Crippen LogP contribution in [0.5, 0.6) is 5.75 Å². The zero-order valence-corrected chi connectivity index (χ0v) is 20.0. The van der Waals surface area contributed by atoms with E-state index >= 15 is 0 Å².